The van der Waals surface area contributed by atoms with Crippen LogP contribution < -0.4 is 4.74 Å². The van der Waals surface area contributed by atoms with Gasteiger partial charge in [0.1, 0.15) is 5.75 Å². The summed E-state index contributed by atoms with van der Waals surface area (Å²) in [6.07, 6.45) is 3.11. The van der Waals surface area contributed by atoms with Gasteiger partial charge >= 0.3 is 5.97 Å². The maximum Gasteiger partial charge on any atom is 0.310 e. The number of aliphatic carboxylic acids is 1. The van der Waals surface area contributed by atoms with Crippen molar-refractivity contribution in [2.24, 2.45) is 0 Å². The Morgan fingerprint density at radius 3 is 2.93 bits per heavy atom. The molecule has 0 aromatic carbocycles. The third-order valence-corrected chi connectivity index (χ3v) is 1.92. The molecule has 76 valence electrons. The zero-order chi connectivity index (χ0) is 10.6. The van der Waals surface area contributed by atoms with Crippen LogP contribution in [0.4, 0.5) is 0 Å². The summed E-state index contributed by atoms with van der Waals surface area (Å²) in [4.78, 5) is 14.6. The number of hydrogen-bond acceptors (Lipinski definition) is 3. The molecule has 14 heavy (non-hydrogen) atoms. The van der Waals surface area contributed by atoms with Crippen molar-refractivity contribution in [2.75, 3.05) is 6.61 Å². The number of rotatable bonds is 4. The van der Waals surface area contributed by atoms with Gasteiger partial charge in [0, 0.05) is 6.20 Å². The topological polar surface area (TPSA) is 59.4 Å². The van der Waals surface area contributed by atoms with Crippen molar-refractivity contribution in [2.45, 2.75) is 19.8 Å². The fraction of sp³-hybridized carbons (Fsp3) is 0.400. The zero-order valence-electron chi connectivity index (χ0n) is 8.23. The fourth-order valence-electron chi connectivity index (χ4n) is 1.06. The van der Waals surface area contributed by atoms with Crippen molar-refractivity contribution in [1.29, 1.82) is 0 Å². The Labute approximate surface area is 82.5 Å². The Balaban J connectivity index is 2.87. The van der Waals surface area contributed by atoms with Gasteiger partial charge in [-0.1, -0.05) is 0 Å². The minimum absolute atomic E-state index is 0.548. The van der Waals surface area contributed by atoms with Crippen molar-refractivity contribution in [3.05, 3.63) is 24.0 Å². The molecule has 1 heterocycles. The van der Waals surface area contributed by atoms with Gasteiger partial charge in [0.05, 0.1) is 18.7 Å². The van der Waals surface area contributed by atoms with Crippen LogP contribution in [0.3, 0.4) is 0 Å². The van der Waals surface area contributed by atoms with E-state index in [0.717, 1.165) is 0 Å². The molecule has 1 rings (SSSR count). The highest BCUT2D eigenvalue weighted by Crippen LogP contribution is 2.19. The number of aromatic nitrogens is 1. The molecular weight excluding hydrogens is 182 g/mol. The van der Waals surface area contributed by atoms with E-state index in [-0.39, 0.29) is 0 Å². The highest BCUT2D eigenvalue weighted by molar-refractivity contribution is 5.75. The molecule has 0 spiro atoms. The van der Waals surface area contributed by atoms with Crippen LogP contribution in [0.2, 0.25) is 0 Å². The summed E-state index contributed by atoms with van der Waals surface area (Å²) in [6, 6.07) is 1.70. The molecule has 0 saturated carbocycles. The molecule has 1 unspecified atom stereocenters. The van der Waals surface area contributed by atoms with Gasteiger partial charge in [0.25, 0.3) is 0 Å². The number of carbonyl (C=O) groups is 1. The van der Waals surface area contributed by atoms with Crippen molar-refractivity contribution < 1.29 is 14.6 Å². The number of hydrogen-bond donors (Lipinski definition) is 1. The van der Waals surface area contributed by atoms with Gasteiger partial charge in [-0.2, -0.15) is 0 Å². The lowest BCUT2D eigenvalue weighted by molar-refractivity contribution is -0.138. The number of nitrogens with zero attached hydrogens (tertiary/aromatic N) is 1. The van der Waals surface area contributed by atoms with Gasteiger partial charge in [-0.25, -0.2) is 0 Å². The molecule has 0 fully saturated rings. The van der Waals surface area contributed by atoms with Crippen molar-refractivity contribution in [3.63, 3.8) is 0 Å². The van der Waals surface area contributed by atoms with E-state index in [1.165, 1.54) is 0 Å². The van der Waals surface area contributed by atoms with Gasteiger partial charge in [0.15, 0.2) is 0 Å². The lowest BCUT2D eigenvalue weighted by Crippen LogP contribution is -2.08. The van der Waals surface area contributed by atoms with Crippen LogP contribution >= 0.6 is 0 Å². The quantitative estimate of drug-likeness (QED) is 0.793. The molecule has 0 amide bonds. The molecule has 0 bridgehead atoms. The average molecular weight is 195 g/mol. The molecule has 0 aliphatic carbocycles. The molecule has 1 N–H and O–H groups in total. The first-order valence-electron chi connectivity index (χ1n) is 4.45. The normalized spacial score (nSPS) is 12.1. The van der Waals surface area contributed by atoms with Gasteiger partial charge < -0.3 is 9.84 Å². The molecule has 1 atom stereocenters. The Morgan fingerprint density at radius 1 is 1.64 bits per heavy atom. The average Bonchev–Trinajstić information content (AvgIpc) is 2.17. The zero-order valence-corrected chi connectivity index (χ0v) is 8.23. The summed E-state index contributed by atoms with van der Waals surface area (Å²) in [7, 11) is 0. The maximum absolute atomic E-state index is 10.7. The Bertz CT molecular complexity index is 325. The molecule has 0 saturated heterocycles. The van der Waals surface area contributed by atoms with Crippen LogP contribution in [-0.4, -0.2) is 22.7 Å². The van der Waals surface area contributed by atoms with Crippen molar-refractivity contribution >= 4 is 5.97 Å². The summed E-state index contributed by atoms with van der Waals surface area (Å²) in [5.74, 6) is -0.804. The van der Waals surface area contributed by atoms with E-state index in [4.69, 9.17) is 9.84 Å². The Morgan fingerprint density at radius 2 is 2.36 bits per heavy atom. The second-order valence-corrected chi connectivity index (χ2v) is 2.95. The molecule has 4 nitrogen and oxygen atoms in total. The smallest absolute Gasteiger partial charge is 0.310 e. The van der Waals surface area contributed by atoms with Crippen LogP contribution in [0, 0.1) is 0 Å². The predicted octanol–water partition coefficient (Wildman–Crippen LogP) is 1.67. The Kier molecular flexibility index (Phi) is 3.45. The summed E-state index contributed by atoms with van der Waals surface area (Å²) in [6.45, 7) is 4.04. The summed E-state index contributed by atoms with van der Waals surface area (Å²) < 4.78 is 5.22. The second kappa shape index (κ2) is 4.60. The van der Waals surface area contributed by atoms with Crippen LogP contribution in [-0.2, 0) is 4.79 Å². The third kappa shape index (κ3) is 2.45. The third-order valence-electron chi connectivity index (χ3n) is 1.92. The lowest BCUT2D eigenvalue weighted by Gasteiger charge is -2.08. The first-order valence-corrected chi connectivity index (χ1v) is 4.45. The largest absolute Gasteiger partial charge is 0.492 e. The van der Waals surface area contributed by atoms with Crippen molar-refractivity contribution in [1.82, 2.24) is 4.98 Å². The van der Waals surface area contributed by atoms with E-state index in [9.17, 15) is 4.79 Å². The monoisotopic (exact) mass is 195 g/mol. The molecule has 1 aromatic rings. The number of ether oxygens (including phenoxy) is 1. The maximum atomic E-state index is 10.7. The standard InChI is InChI=1S/C10H13NO3/c1-3-14-9-4-8(5-11-6-9)7(2)10(12)13/h4-7H,3H2,1-2H3,(H,12,13). The van der Waals surface area contributed by atoms with Gasteiger partial charge in [-0.15, -0.1) is 0 Å². The Hall–Kier alpha value is -1.58. The molecule has 1 aromatic heterocycles. The molecule has 0 aliphatic heterocycles. The van der Waals surface area contributed by atoms with Gasteiger partial charge in [0.2, 0.25) is 0 Å². The summed E-state index contributed by atoms with van der Waals surface area (Å²) in [5.41, 5.74) is 0.656. The lowest BCUT2D eigenvalue weighted by atomic mass is 10.0. The number of pyridine rings is 1. The van der Waals surface area contributed by atoms with E-state index in [2.05, 4.69) is 4.98 Å². The van der Waals surface area contributed by atoms with Crippen LogP contribution in [0.25, 0.3) is 0 Å². The number of carboxylic acids is 1. The predicted molar refractivity (Wildman–Crippen MR) is 51.5 cm³/mol. The molecule has 4 heteroatoms. The van der Waals surface area contributed by atoms with E-state index in [1.54, 1.807) is 25.4 Å². The van der Waals surface area contributed by atoms with Crippen LogP contribution in [0.1, 0.15) is 25.3 Å². The fourth-order valence-corrected chi connectivity index (χ4v) is 1.06. The van der Waals surface area contributed by atoms with E-state index in [1.807, 2.05) is 6.92 Å². The highest BCUT2D eigenvalue weighted by atomic mass is 16.5. The number of carboxylic acid groups (broad SMARTS) is 1. The van der Waals surface area contributed by atoms with E-state index in [0.29, 0.717) is 17.9 Å². The highest BCUT2D eigenvalue weighted by Gasteiger charge is 2.14. The summed E-state index contributed by atoms with van der Waals surface area (Å²) in [5, 5.41) is 8.79. The SMILES string of the molecule is CCOc1cncc(C(C)C(=O)O)c1. The summed E-state index contributed by atoms with van der Waals surface area (Å²) >= 11 is 0. The van der Waals surface area contributed by atoms with Gasteiger partial charge in [-0.3, -0.25) is 9.78 Å². The molecular formula is C10H13NO3. The van der Waals surface area contributed by atoms with Crippen LogP contribution in [0.15, 0.2) is 18.5 Å². The molecule has 0 aliphatic rings. The second-order valence-electron chi connectivity index (χ2n) is 2.95. The van der Waals surface area contributed by atoms with Crippen LogP contribution in [0.5, 0.6) is 5.75 Å². The van der Waals surface area contributed by atoms with Gasteiger partial charge in [-0.05, 0) is 25.5 Å². The first-order chi connectivity index (χ1) is 6.65. The minimum Gasteiger partial charge on any atom is -0.492 e. The first kappa shape index (κ1) is 10.5. The molecule has 0 radical (unpaired) electrons. The van der Waals surface area contributed by atoms with E-state index >= 15 is 0 Å². The van der Waals surface area contributed by atoms with Crippen molar-refractivity contribution in [3.8, 4) is 5.75 Å². The van der Waals surface area contributed by atoms with E-state index < -0.39 is 11.9 Å². The minimum atomic E-state index is -0.861.